The van der Waals surface area contributed by atoms with E-state index in [-0.39, 0.29) is 11.6 Å². The fraction of sp³-hybridized carbons (Fsp3) is 0.312. The number of amides is 1. The van der Waals surface area contributed by atoms with Crippen molar-refractivity contribution < 1.29 is 9.72 Å². The molecule has 0 heterocycles. The zero-order chi connectivity index (χ0) is 16.4. The summed E-state index contributed by atoms with van der Waals surface area (Å²) in [6.45, 7) is 8.92. The predicted molar refractivity (Wildman–Crippen MR) is 87.8 cm³/mol. The second-order valence-electron chi connectivity index (χ2n) is 4.71. The van der Waals surface area contributed by atoms with Gasteiger partial charge in [-0.05, 0) is 18.6 Å². The van der Waals surface area contributed by atoms with Gasteiger partial charge < -0.3 is 10.2 Å². The molecule has 0 radical (unpaired) electrons. The van der Waals surface area contributed by atoms with Gasteiger partial charge in [-0.3, -0.25) is 14.9 Å². The molecule has 6 nitrogen and oxygen atoms in total. The molecule has 0 fully saturated rings. The number of rotatable bonds is 10. The van der Waals surface area contributed by atoms with Crippen LogP contribution in [0.3, 0.4) is 0 Å². The summed E-state index contributed by atoms with van der Waals surface area (Å²) in [4.78, 5) is 23.8. The Labute approximate surface area is 130 Å². The van der Waals surface area contributed by atoms with Crippen molar-refractivity contribution in [3.8, 4) is 0 Å². The second-order valence-corrected chi connectivity index (χ2v) is 4.71. The monoisotopic (exact) mass is 303 g/mol. The van der Waals surface area contributed by atoms with Crippen molar-refractivity contribution in [2.24, 2.45) is 0 Å². The van der Waals surface area contributed by atoms with Crippen LogP contribution in [0.1, 0.15) is 12.8 Å². The third kappa shape index (κ3) is 5.78. The molecule has 1 amide bonds. The van der Waals surface area contributed by atoms with Crippen molar-refractivity contribution >= 4 is 17.3 Å². The summed E-state index contributed by atoms with van der Waals surface area (Å²) in [5.41, 5.74) is 0.859. The average molecular weight is 303 g/mol. The highest BCUT2D eigenvalue weighted by molar-refractivity contribution is 5.76. The van der Waals surface area contributed by atoms with Gasteiger partial charge in [-0.25, -0.2) is 0 Å². The van der Waals surface area contributed by atoms with Crippen molar-refractivity contribution in [1.82, 2.24) is 4.90 Å². The molecular weight excluding hydrogens is 282 g/mol. The van der Waals surface area contributed by atoms with Crippen LogP contribution in [0.4, 0.5) is 11.4 Å². The lowest BCUT2D eigenvalue weighted by molar-refractivity contribution is -0.384. The number of nitrogens with zero attached hydrogens (tertiary/aromatic N) is 2. The van der Waals surface area contributed by atoms with E-state index < -0.39 is 4.92 Å². The minimum absolute atomic E-state index is 0.0604. The van der Waals surface area contributed by atoms with E-state index in [4.69, 9.17) is 0 Å². The van der Waals surface area contributed by atoms with Gasteiger partial charge in [0.2, 0.25) is 5.91 Å². The summed E-state index contributed by atoms with van der Waals surface area (Å²) in [6, 6.07) is 6.20. The first-order chi connectivity index (χ1) is 10.6. The SMILES string of the molecule is C=CCN(CC=C)C(=O)CCCNc1ccc([N+](=O)[O-])cc1. The fourth-order valence-electron chi connectivity index (χ4n) is 1.92. The molecule has 0 bridgehead atoms. The highest BCUT2D eigenvalue weighted by Crippen LogP contribution is 2.15. The zero-order valence-electron chi connectivity index (χ0n) is 12.5. The van der Waals surface area contributed by atoms with Gasteiger partial charge in [0.25, 0.3) is 5.69 Å². The molecular formula is C16H21N3O3. The summed E-state index contributed by atoms with van der Waals surface area (Å²) in [5, 5.41) is 13.7. The molecule has 0 aliphatic carbocycles. The number of nitro groups is 1. The average Bonchev–Trinajstić information content (AvgIpc) is 2.51. The number of benzene rings is 1. The third-order valence-electron chi connectivity index (χ3n) is 3.03. The minimum atomic E-state index is -0.434. The Morgan fingerprint density at radius 2 is 1.82 bits per heavy atom. The maximum absolute atomic E-state index is 12.0. The Kier molecular flexibility index (Phi) is 7.39. The van der Waals surface area contributed by atoms with Gasteiger partial charge in [0, 0.05) is 43.9 Å². The lowest BCUT2D eigenvalue weighted by Gasteiger charge is -2.19. The Morgan fingerprint density at radius 1 is 1.23 bits per heavy atom. The highest BCUT2D eigenvalue weighted by atomic mass is 16.6. The number of hydrogen-bond donors (Lipinski definition) is 1. The number of anilines is 1. The summed E-state index contributed by atoms with van der Waals surface area (Å²) in [5.74, 6) is 0.0605. The van der Waals surface area contributed by atoms with Crippen molar-refractivity contribution in [3.63, 3.8) is 0 Å². The van der Waals surface area contributed by atoms with E-state index in [1.807, 2.05) is 0 Å². The number of nitro benzene ring substituents is 1. The van der Waals surface area contributed by atoms with Gasteiger partial charge in [0.1, 0.15) is 0 Å². The predicted octanol–water partition coefficient (Wildman–Crippen LogP) is 2.99. The molecule has 1 N–H and O–H groups in total. The number of carbonyl (C=O) groups excluding carboxylic acids is 1. The Morgan fingerprint density at radius 3 is 2.32 bits per heavy atom. The van der Waals surface area contributed by atoms with Gasteiger partial charge in [-0.1, -0.05) is 12.2 Å². The van der Waals surface area contributed by atoms with Crippen molar-refractivity contribution in [2.75, 3.05) is 25.0 Å². The molecule has 0 atom stereocenters. The molecule has 0 aliphatic heterocycles. The Hall–Kier alpha value is -2.63. The molecule has 0 spiro atoms. The van der Waals surface area contributed by atoms with Crippen LogP contribution in [0.5, 0.6) is 0 Å². The summed E-state index contributed by atoms with van der Waals surface area (Å²) < 4.78 is 0. The van der Waals surface area contributed by atoms with E-state index in [9.17, 15) is 14.9 Å². The summed E-state index contributed by atoms with van der Waals surface area (Å²) in [6.07, 6.45) is 4.50. The van der Waals surface area contributed by atoms with Gasteiger partial charge >= 0.3 is 0 Å². The number of nitrogens with one attached hydrogen (secondary N) is 1. The topological polar surface area (TPSA) is 75.5 Å². The zero-order valence-corrected chi connectivity index (χ0v) is 12.5. The molecule has 0 saturated heterocycles. The van der Waals surface area contributed by atoms with Crippen LogP contribution in [-0.2, 0) is 4.79 Å². The molecule has 1 aromatic rings. The van der Waals surface area contributed by atoms with E-state index in [0.717, 1.165) is 5.69 Å². The van der Waals surface area contributed by atoms with Crippen molar-refractivity contribution in [2.45, 2.75) is 12.8 Å². The normalized spacial score (nSPS) is 9.82. The maximum Gasteiger partial charge on any atom is 0.269 e. The smallest absolute Gasteiger partial charge is 0.269 e. The highest BCUT2D eigenvalue weighted by Gasteiger charge is 2.09. The Balaban J connectivity index is 2.34. The van der Waals surface area contributed by atoms with Crippen LogP contribution in [0.15, 0.2) is 49.6 Å². The Bertz CT molecular complexity index is 516. The van der Waals surface area contributed by atoms with Crippen LogP contribution in [0, 0.1) is 10.1 Å². The second kappa shape index (κ2) is 9.33. The largest absolute Gasteiger partial charge is 0.385 e. The molecule has 1 aromatic carbocycles. The molecule has 0 aromatic heterocycles. The van der Waals surface area contributed by atoms with Crippen molar-refractivity contribution in [1.29, 1.82) is 0 Å². The standard InChI is InChI=1S/C16H21N3O3/c1-3-12-18(13-4-2)16(20)6-5-11-17-14-7-9-15(10-8-14)19(21)22/h3-4,7-10,17H,1-2,5-6,11-13H2. The molecule has 0 unspecified atom stereocenters. The summed E-state index contributed by atoms with van der Waals surface area (Å²) in [7, 11) is 0. The molecule has 22 heavy (non-hydrogen) atoms. The van der Waals surface area contributed by atoms with E-state index in [2.05, 4.69) is 18.5 Å². The van der Waals surface area contributed by atoms with E-state index >= 15 is 0 Å². The first-order valence-electron chi connectivity index (χ1n) is 7.06. The first kappa shape index (κ1) is 17.4. The molecule has 118 valence electrons. The molecule has 0 aliphatic rings. The lowest BCUT2D eigenvalue weighted by Crippen LogP contribution is -2.31. The van der Waals surface area contributed by atoms with Crippen LogP contribution in [0.25, 0.3) is 0 Å². The van der Waals surface area contributed by atoms with Crippen LogP contribution < -0.4 is 5.32 Å². The number of hydrogen-bond acceptors (Lipinski definition) is 4. The molecule has 1 rings (SSSR count). The van der Waals surface area contributed by atoms with Gasteiger partial charge in [-0.15, -0.1) is 13.2 Å². The van der Waals surface area contributed by atoms with Crippen LogP contribution >= 0.6 is 0 Å². The van der Waals surface area contributed by atoms with Crippen LogP contribution in [0.2, 0.25) is 0 Å². The quantitative estimate of drug-likeness (QED) is 0.312. The van der Waals surface area contributed by atoms with Crippen LogP contribution in [-0.4, -0.2) is 35.4 Å². The minimum Gasteiger partial charge on any atom is -0.385 e. The molecule has 6 heteroatoms. The summed E-state index contributed by atoms with van der Waals surface area (Å²) >= 11 is 0. The fourth-order valence-corrected chi connectivity index (χ4v) is 1.92. The first-order valence-corrected chi connectivity index (χ1v) is 7.06. The van der Waals surface area contributed by atoms with E-state index in [0.29, 0.717) is 32.5 Å². The third-order valence-corrected chi connectivity index (χ3v) is 3.03. The van der Waals surface area contributed by atoms with Gasteiger partial charge in [-0.2, -0.15) is 0 Å². The lowest BCUT2D eigenvalue weighted by atomic mass is 10.2. The maximum atomic E-state index is 12.0. The number of carbonyl (C=O) groups is 1. The number of non-ortho nitro benzene ring substituents is 1. The molecule has 0 saturated carbocycles. The van der Waals surface area contributed by atoms with Gasteiger partial charge in [0.15, 0.2) is 0 Å². The van der Waals surface area contributed by atoms with E-state index in [1.54, 1.807) is 29.2 Å². The van der Waals surface area contributed by atoms with Crippen molar-refractivity contribution in [3.05, 3.63) is 59.7 Å². The van der Waals surface area contributed by atoms with E-state index in [1.165, 1.54) is 12.1 Å². The van der Waals surface area contributed by atoms with Gasteiger partial charge in [0.05, 0.1) is 4.92 Å².